The average molecular weight is 207 g/mol. The van der Waals surface area contributed by atoms with E-state index in [2.05, 4.69) is 37.9 Å². The molecule has 1 unspecified atom stereocenters. The zero-order valence-electron chi connectivity index (χ0n) is 10.1. The lowest BCUT2D eigenvalue weighted by molar-refractivity contribution is 0.281. The van der Waals surface area contributed by atoms with Crippen LogP contribution in [0.4, 0.5) is 5.69 Å². The third-order valence-electron chi connectivity index (χ3n) is 3.16. The summed E-state index contributed by atoms with van der Waals surface area (Å²) in [5, 5.41) is 9.09. The maximum atomic E-state index is 9.09. The lowest BCUT2D eigenvalue weighted by Gasteiger charge is -2.26. The summed E-state index contributed by atoms with van der Waals surface area (Å²) in [6, 6.07) is 6.76. The summed E-state index contributed by atoms with van der Waals surface area (Å²) in [6.07, 6.45) is 1.14. The van der Waals surface area contributed by atoms with E-state index in [1.807, 2.05) is 13.0 Å². The van der Waals surface area contributed by atoms with Crippen LogP contribution in [0, 0.1) is 6.92 Å². The van der Waals surface area contributed by atoms with Gasteiger partial charge in [0.2, 0.25) is 0 Å². The summed E-state index contributed by atoms with van der Waals surface area (Å²) in [5.41, 5.74) is 3.39. The second-order valence-corrected chi connectivity index (χ2v) is 4.14. The first-order valence-corrected chi connectivity index (χ1v) is 5.53. The molecule has 0 radical (unpaired) electrons. The fourth-order valence-corrected chi connectivity index (χ4v) is 1.61. The lowest BCUT2D eigenvalue weighted by atomic mass is 10.1. The van der Waals surface area contributed by atoms with E-state index in [1.54, 1.807) is 0 Å². The van der Waals surface area contributed by atoms with Crippen LogP contribution in [0.1, 0.15) is 31.4 Å². The summed E-state index contributed by atoms with van der Waals surface area (Å²) in [5.74, 6) is 0. The molecule has 0 aliphatic carbocycles. The van der Waals surface area contributed by atoms with Gasteiger partial charge in [-0.15, -0.1) is 0 Å². The zero-order valence-corrected chi connectivity index (χ0v) is 10.1. The molecule has 2 heteroatoms. The van der Waals surface area contributed by atoms with Crippen LogP contribution in [0.25, 0.3) is 0 Å². The summed E-state index contributed by atoms with van der Waals surface area (Å²) < 4.78 is 0. The van der Waals surface area contributed by atoms with Gasteiger partial charge < -0.3 is 10.0 Å². The van der Waals surface area contributed by atoms with Crippen molar-refractivity contribution >= 4 is 5.69 Å². The van der Waals surface area contributed by atoms with E-state index in [1.165, 1.54) is 5.69 Å². The number of aryl methyl sites for hydroxylation is 1. The molecule has 0 heterocycles. The number of hydrogen-bond donors (Lipinski definition) is 1. The summed E-state index contributed by atoms with van der Waals surface area (Å²) in [7, 11) is 2.11. The number of rotatable bonds is 4. The molecule has 0 aliphatic rings. The molecular formula is C13H21NO. The molecular weight excluding hydrogens is 186 g/mol. The molecule has 84 valence electrons. The van der Waals surface area contributed by atoms with Gasteiger partial charge in [0.25, 0.3) is 0 Å². The Bertz CT molecular complexity index is 322. The van der Waals surface area contributed by atoms with E-state index in [0.29, 0.717) is 6.04 Å². The third kappa shape index (κ3) is 2.72. The predicted octanol–water partition coefficient (Wildman–Crippen LogP) is 2.72. The van der Waals surface area contributed by atoms with Gasteiger partial charge in [0.15, 0.2) is 0 Å². The predicted molar refractivity (Wildman–Crippen MR) is 65.3 cm³/mol. The van der Waals surface area contributed by atoms with Crippen molar-refractivity contribution in [3.05, 3.63) is 29.3 Å². The van der Waals surface area contributed by atoms with Crippen LogP contribution in [-0.2, 0) is 6.61 Å². The van der Waals surface area contributed by atoms with E-state index in [0.717, 1.165) is 17.5 Å². The first-order valence-electron chi connectivity index (χ1n) is 5.53. The lowest BCUT2D eigenvalue weighted by Crippen LogP contribution is -2.27. The van der Waals surface area contributed by atoms with Gasteiger partial charge in [0, 0.05) is 18.8 Å². The Labute approximate surface area is 92.5 Å². The van der Waals surface area contributed by atoms with Crippen LogP contribution in [0.15, 0.2) is 18.2 Å². The number of hydrogen-bond acceptors (Lipinski definition) is 2. The molecule has 15 heavy (non-hydrogen) atoms. The smallest absolute Gasteiger partial charge is 0.0684 e. The van der Waals surface area contributed by atoms with Gasteiger partial charge in [-0.25, -0.2) is 0 Å². The normalized spacial score (nSPS) is 12.6. The van der Waals surface area contributed by atoms with Gasteiger partial charge in [-0.1, -0.05) is 13.0 Å². The van der Waals surface area contributed by atoms with Crippen LogP contribution < -0.4 is 4.90 Å². The quantitative estimate of drug-likeness (QED) is 0.820. The van der Waals surface area contributed by atoms with E-state index >= 15 is 0 Å². The van der Waals surface area contributed by atoms with Gasteiger partial charge in [0.05, 0.1) is 6.61 Å². The van der Waals surface area contributed by atoms with Gasteiger partial charge in [-0.3, -0.25) is 0 Å². The van der Waals surface area contributed by atoms with E-state index in [4.69, 9.17) is 5.11 Å². The highest BCUT2D eigenvalue weighted by atomic mass is 16.3. The molecule has 0 saturated carbocycles. The Balaban J connectivity index is 2.92. The highest BCUT2D eigenvalue weighted by Crippen LogP contribution is 2.20. The topological polar surface area (TPSA) is 23.5 Å². The van der Waals surface area contributed by atoms with Crippen molar-refractivity contribution < 1.29 is 5.11 Å². The Morgan fingerprint density at radius 1 is 1.40 bits per heavy atom. The standard InChI is InChI=1S/C13H21NO/c1-5-11(3)14(4)13-7-6-12(9-15)10(2)8-13/h6-8,11,15H,5,9H2,1-4H3. The SMILES string of the molecule is CCC(C)N(C)c1ccc(CO)c(C)c1. The van der Waals surface area contributed by atoms with Gasteiger partial charge >= 0.3 is 0 Å². The van der Waals surface area contributed by atoms with Crippen LogP contribution >= 0.6 is 0 Å². The Morgan fingerprint density at radius 2 is 2.07 bits per heavy atom. The molecule has 1 rings (SSSR count). The summed E-state index contributed by atoms with van der Waals surface area (Å²) in [6.45, 7) is 6.57. The van der Waals surface area contributed by atoms with E-state index in [9.17, 15) is 0 Å². The average Bonchev–Trinajstić information content (AvgIpc) is 2.26. The number of aliphatic hydroxyl groups excluding tert-OH is 1. The highest BCUT2D eigenvalue weighted by Gasteiger charge is 2.08. The number of aliphatic hydroxyl groups is 1. The summed E-state index contributed by atoms with van der Waals surface area (Å²) in [4.78, 5) is 2.27. The maximum absolute atomic E-state index is 9.09. The molecule has 0 spiro atoms. The minimum Gasteiger partial charge on any atom is -0.392 e. The van der Waals surface area contributed by atoms with Crippen molar-refractivity contribution in [3.63, 3.8) is 0 Å². The molecule has 1 aromatic rings. The van der Waals surface area contributed by atoms with Crippen molar-refractivity contribution in [1.82, 2.24) is 0 Å². The summed E-state index contributed by atoms with van der Waals surface area (Å²) >= 11 is 0. The van der Waals surface area contributed by atoms with Crippen LogP contribution in [0.5, 0.6) is 0 Å². The van der Waals surface area contributed by atoms with Gasteiger partial charge in [0.1, 0.15) is 0 Å². The molecule has 2 nitrogen and oxygen atoms in total. The Kier molecular flexibility index (Phi) is 4.15. The van der Waals surface area contributed by atoms with Crippen molar-refractivity contribution in [1.29, 1.82) is 0 Å². The number of nitrogens with zero attached hydrogens (tertiary/aromatic N) is 1. The van der Waals surface area contributed by atoms with E-state index < -0.39 is 0 Å². The van der Waals surface area contributed by atoms with Crippen LogP contribution in [0.3, 0.4) is 0 Å². The van der Waals surface area contributed by atoms with Crippen molar-refractivity contribution in [2.45, 2.75) is 39.8 Å². The molecule has 0 aromatic heterocycles. The molecule has 0 bridgehead atoms. The van der Waals surface area contributed by atoms with Gasteiger partial charge in [-0.2, -0.15) is 0 Å². The Hall–Kier alpha value is -1.02. The molecule has 0 aliphatic heterocycles. The van der Waals surface area contributed by atoms with E-state index in [-0.39, 0.29) is 6.61 Å². The minimum absolute atomic E-state index is 0.124. The molecule has 1 aromatic carbocycles. The van der Waals surface area contributed by atoms with Crippen molar-refractivity contribution in [3.8, 4) is 0 Å². The second-order valence-electron chi connectivity index (χ2n) is 4.14. The van der Waals surface area contributed by atoms with Gasteiger partial charge in [-0.05, 0) is 43.5 Å². The fraction of sp³-hybridized carbons (Fsp3) is 0.538. The van der Waals surface area contributed by atoms with Crippen molar-refractivity contribution in [2.75, 3.05) is 11.9 Å². The monoisotopic (exact) mass is 207 g/mol. The largest absolute Gasteiger partial charge is 0.392 e. The minimum atomic E-state index is 0.124. The fourth-order valence-electron chi connectivity index (χ4n) is 1.61. The molecule has 0 amide bonds. The highest BCUT2D eigenvalue weighted by molar-refractivity contribution is 5.50. The second kappa shape index (κ2) is 5.17. The number of benzene rings is 1. The van der Waals surface area contributed by atoms with Crippen LogP contribution in [-0.4, -0.2) is 18.2 Å². The van der Waals surface area contributed by atoms with Crippen LogP contribution in [0.2, 0.25) is 0 Å². The maximum Gasteiger partial charge on any atom is 0.0684 e. The van der Waals surface area contributed by atoms with Crippen molar-refractivity contribution in [2.24, 2.45) is 0 Å². The molecule has 0 saturated heterocycles. The molecule has 1 N–H and O–H groups in total. The first kappa shape index (κ1) is 12.1. The zero-order chi connectivity index (χ0) is 11.4. The number of anilines is 1. The molecule has 1 atom stereocenters. The Morgan fingerprint density at radius 3 is 2.53 bits per heavy atom. The molecule has 0 fully saturated rings. The third-order valence-corrected chi connectivity index (χ3v) is 3.16. The first-order chi connectivity index (χ1) is 7.10.